The zero-order chi connectivity index (χ0) is 17.5. The Kier molecular flexibility index (Phi) is 4.36. The minimum Gasteiger partial charge on any atom is -0.461 e. The first-order valence-electron chi connectivity index (χ1n) is 7.29. The van der Waals surface area contributed by atoms with E-state index in [2.05, 4.69) is 15.9 Å². The molecule has 6 heteroatoms. The van der Waals surface area contributed by atoms with Crippen molar-refractivity contribution in [3.05, 3.63) is 63.8 Å². The van der Waals surface area contributed by atoms with Crippen LogP contribution in [0.15, 0.2) is 56.2 Å². The van der Waals surface area contributed by atoms with Gasteiger partial charge in [0.1, 0.15) is 11.3 Å². The summed E-state index contributed by atoms with van der Waals surface area (Å²) in [5.74, 6) is 0.316. The predicted octanol–water partition coefficient (Wildman–Crippen LogP) is 4.68. The minimum atomic E-state index is -3.46. The van der Waals surface area contributed by atoms with Gasteiger partial charge in [-0.1, -0.05) is 22.0 Å². The molecule has 0 unspecified atom stereocenters. The van der Waals surface area contributed by atoms with E-state index >= 15 is 0 Å². The van der Waals surface area contributed by atoms with Gasteiger partial charge in [-0.15, -0.1) is 0 Å². The molecule has 0 N–H and O–H groups in total. The third-order valence-corrected chi connectivity index (χ3v) is 6.04. The van der Waals surface area contributed by atoms with Crippen molar-refractivity contribution in [2.75, 3.05) is 0 Å². The number of benzene rings is 2. The fraction of sp³-hybridized carbons (Fsp3) is 0.167. The Morgan fingerprint density at radius 3 is 2.42 bits per heavy atom. The fourth-order valence-electron chi connectivity index (χ4n) is 2.74. The van der Waals surface area contributed by atoms with Crippen LogP contribution in [0.1, 0.15) is 28.6 Å². The summed E-state index contributed by atoms with van der Waals surface area (Å²) in [5.41, 5.74) is 1.71. The average molecular weight is 407 g/mol. The topological polar surface area (TPSA) is 64.3 Å². The van der Waals surface area contributed by atoms with E-state index in [4.69, 9.17) is 4.42 Å². The van der Waals surface area contributed by atoms with Gasteiger partial charge in [0, 0.05) is 9.86 Å². The van der Waals surface area contributed by atoms with Crippen molar-refractivity contribution in [3.63, 3.8) is 0 Å². The van der Waals surface area contributed by atoms with E-state index in [9.17, 15) is 13.2 Å². The van der Waals surface area contributed by atoms with Crippen LogP contribution >= 0.6 is 15.9 Å². The second-order valence-electron chi connectivity index (χ2n) is 5.63. The lowest BCUT2D eigenvalue weighted by atomic mass is 10.1. The van der Waals surface area contributed by atoms with Gasteiger partial charge in [-0.2, -0.15) is 0 Å². The summed E-state index contributed by atoms with van der Waals surface area (Å²) in [4.78, 5) is 12.1. The van der Waals surface area contributed by atoms with Gasteiger partial charge in [0.2, 0.25) is 0 Å². The Balaban J connectivity index is 2.02. The van der Waals surface area contributed by atoms with Gasteiger partial charge in [-0.3, -0.25) is 4.79 Å². The van der Waals surface area contributed by atoms with Crippen molar-refractivity contribution in [1.29, 1.82) is 0 Å². The molecule has 0 atom stereocenters. The van der Waals surface area contributed by atoms with Gasteiger partial charge >= 0.3 is 0 Å². The number of ketones is 1. The summed E-state index contributed by atoms with van der Waals surface area (Å²) < 4.78 is 31.5. The molecule has 0 amide bonds. The number of aryl methyl sites for hydroxylation is 1. The zero-order valence-electron chi connectivity index (χ0n) is 13.2. The molecule has 0 spiro atoms. The van der Waals surface area contributed by atoms with Crippen LogP contribution in [0.25, 0.3) is 11.0 Å². The first-order valence-corrected chi connectivity index (χ1v) is 9.74. The number of carbonyl (C=O) groups excluding carboxylic acids is 1. The van der Waals surface area contributed by atoms with E-state index < -0.39 is 9.84 Å². The Morgan fingerprint density at radius 1 is 1.12 bits per heavy atom. The van der Waals surface area contributed by atoms with Crippen LogP contribution in [0.2, 0.25) is 0 Å². The first-order chi connectivity index (χ1) is 11.3. The number of fused-ring (bicyclic) bond motifs is 1. The molecule has 2 aromatic carbocycles. The minimum absolute atomic E-state index is 0.0980. The van der Waals surface area contributed by atoms with Gasteiger partial charge in [-0.25, -0.2) is 8.42 Å². The molecule has 3 rings (SSSR count). The summed E-state index contributed by atoms with van der Waals surface area (Å²) in [5, 5.41) is 0.656. The fourth-order valence-corrected chi connectivity index (χ4v) is 4.34. The van der Waals surface area contributed by atoms with Crippen LogP contribution in [0.4, 0.5) is 0 Å². The lowest BCUT2D eigenvalue weighted by Crippen LogP contribution is -2.05. The molecule has 124 valence electrons. The maximum atomic E-state index is 12.6. The molecular weight excluding hydrogens is 392 g/mol. The van der Waals surface area contributed by atoms with Crippen molar-refractivity contribution in [3.8, 4) is 0 Å². The molecule has 0 saturated heterocycles. The van der Waals surface area contributed by atoms with E-state index in [1.165, 1.54) is 6.92 Å². The highest BCUT2D eigenvalue weighted by atomic mass is 79.9. The van der Waals surface area contributed by atoms with Crippen LogP contribution in [0.5, 0.6) is 0 Å². The molecule has 0 aliphatic heterocycles. The van der Waals surface area contributed by atoms with Crippen LogP contribution in [-0.2, 0) is 15.6 Å². The Hall–Kier alpha value is -1.92. The standard InChI is InChI=1S/C18H15BrO4S/c1-11(20)18-12(2)23-17-8-3-13(9-16(17)18)10-24(21,22)15-6-4-14(19)5-7-15/h3-9H,10H2,1-2H3. The number of furan rings is 1. The summed E-state index contributed by atoms with van der Waals surface area (Å²) in [6.07, 6.45) is 0. The third kappa shape index (κ3) is 3.16. The van der Waals surface area contributed by atoms with Crippen LogP contribution < -0.4 is 0 Å². The molecule has 4 nitrogen and oxygen atoms in total. The van der Waals surface area contributed by atoms with Crippen LogP contribution in [0.3, 0.4) is 0 Å². The van der Waals surface area contributed by atoms with Crippen molar-refractivity contribution in [2.45, 2.75) is 24.5 Å². The van der Waals surface area contributed by atoms with Gasteiger partial charge in [0.25, 0.3) is 0 Å². The van der Waals surface area contributed by atoms with Crippen molar-refractivity contribution in [1.82, 2.24) is 0 Å². The third-order valence-electron chi connectivity index (χ3n) is 3.81. The molecule has 1 aromatic heterocycles. The number of hydrogen-bond acceptors (Lipinski definition) is 4. The predicted molar refractivity (Wildman–Crippen MR) is 96.0 cm³/mol. The second-order valence-corrected chi connectivity index (χ2v) is 8.54. The van der Waals surface area contributed by atoms with E-state index in [-0.39, 0.29) is 16.4 Å². The van der Waals surface area contributed by atoms with Crippen molar-refractivity contribution >= 4 is 42.5 Å². The Bertz CT molecular complexity index is 1030. The molecule has 0 bridgehead atoms. The largest absolute Gasteiger partial charge is 0.461 e. The lowest BCUT2D eigenvalue weighted by Gasteiger charge is -2.05. The van der Waals surface area contributed by atoms with Gasteiger partial charge < -0.3 is 4.42 Å². The van der Waals surface area contributed by atoms with Crippen molar-refractivity contribution in [2.24, 2.45) is 0 Å². The van der Waals surface area contributed by atoms with E-state index in [0.717, 1.165) is 4.47 Å². The smallest absolute Gasteiger partial charge is 0.182 e. The number of hydrogen-bond donors (Lipinski definition) is 0. The number of halogens is 1. The van der Waals surface area contributed by atoms with Crippen LogP contribution in [-0.4, -0.2) is 14.2 Å². The maximum absolute atomic E-state index is 12.6. The molecule has 0 aliphatic rings. The van der Waals surface area contributed by atoms with Crippen LogP contribution in [0, 0.1) is 6.92 Å². The number of rotatable bonds is 4. The molecule has 0 radical (unpaired) electrons. The molecule has 3 aromatic rings. The first kappa shape index (κ1) is 16.9. The second kappa shape index (κ2) is 6.18. The Morgan fingerprint density at radius 2 is 1.79 bits per heavy atom. The summed E-state index contributed by atoms with van der Waals surface area (Å²) in [6.45, 7) is 3.21. The van der Waals surface area contributed by atoms with E-state index in [1.807, 2.05) is 0 Å². The summed E-state index contributed by atoms with van der Waals surface area (Å²) >= 11 is 3.29. The highest BCUT2D eigenvalue weighted by Gasteiger charge is 2.19. The lowest BCUT2D eigenvalue weighted by molar-refractivity contribution is 0.101. The highest BCUT2D eigenvalue weighted by molar-refractivity contribution is 9.10. The number of carbonyl (C=O) groups is 1. The maximum Gasteiger partial charge on any atom is 0.182 e. The highest BCUT2D eigenvalue weighted by Crippen LogP contribution is 2.28. The quantitative estimate of drug-likeness (QED) is 0.589. The average Bonchev–Trinajstić information content (AvgIpc) is 2.82. The SMILES string of the molecule is CC(=O)c1c(C)oc2ccc(CS(=O)(=O)c3ccc(Br)cc3)cc12. The molecule has 0 fully saturated rings. The molecule has 24 heavy (non-hydrogen) atoms. The van der Waals surface area contributed by atoms with Gasteiger partial charge in [0.15, 0.2) is 15.6 Å². The van der Waals surface area contributed by atoms with E-state index in [0.29, 0.717) is 27.9 Å². The van der Waals surface area contributed by atoms with Crippen molar-refractivity contribution < 1.29 is 17.6 Å². The number of Topliss-reactive ketones (excluding diaryl/α,β-unsaturated/α-hetero) is 1. The Labute approximate surface area is 148 Å². The normalized spacial score (nSPS) is 11.8. The molecule has 0 saturated carbocycles. The summed E-state index contributed by atoms with van der Waals surface area (Å²) in [6, 6.07) is 11.7. The molecule has 1 heterocycles. The monoisotopic (exact) mass is 406 g/mol. The molecule has 0 aliphatic carbocycles. The van der Waals surface area contributed by atoms with Gasteiger partial charge in [-0.05, 0) is 55.8 Å². The number of sulfone groups is 1. The zero-order valence-corrected chi connectivity index (χ0v) is 15.6. The van der Waals surface area contributed by atoms with E-state index in [1.54, 1.807) is 49.4 Å². The van der Waals surface area contributed by atoms with Gasteiger partial charge in [0.05, 0.1) is 16.2 Å². The summed E-state index contributed by atoms with van der Waals surface area (Å²) in [7, 11) is -3.46. The molecular formula is C18H15BrO4S.